The number of hydrogen-bond acceptors (Lipinski definition) is 4. The fraction of sp³-hybridized carbons (Fsp3) is 0.481. The number of anilines is 1. The second-order valence-electron chi connectivity index (χ2n) is 9.40. The minimum absolute atomic E-state index is 0.0936. The standard InChI is InChI=1S/C27H38ClN3O4S/c1-6-24(27(33)29-18-20(2)3)30(19-22-13-8-9-14-23(22)28)26(32)16-11-17-31(36(5,34)35)25-15-10-7-12-21(25)4/h7-10,12-15,20,24H,6,11,16-19H2,1-5H3,(H,29,33)/t24-/m1/s1. The summed E-state index contributed by atoms with van der Waals surface area (Å²) in [5.74, 6) is -0.147. The first-order valence-electron chi connectivity index (χ1n) is 12.3. The number of amides is 2. The summed E-state index contributed by atoms with van der Waals surface area (Å²) in [6.45, 7) is 8.61. The van der Waals surface area contributed by atoms with Crippen molar-refractivity contribution in [2.75, 3.05) is 23.7 Å². The fourth-order valence-corrected chi connectivity index (χ4v) is 5.20. The number of nitrogens with zero attached hydrogens (tertiary/aromatic N) is 2. The zero-order valence-electron chi connectivity index (χ0n) is 21.8. The van der Waals surface area contributed by atoms with Crippen LogP contribution in [-0.2, 0) is 26.2 Å². The van der Waals surface area contributed by atoms with Gasteiger partial charge < -0.3 is 10.2 Å². The molecular formula is C27H38ClN3O4S. The van der Waals surface area contributed by atoms with E-state index in [0.717, 1.165) is 17.4 Å². The van der Waals surface area contributed by atoms with Crippen molar-refractivity contribution in [2.45, 2.75) is 59.5 Å². The minimum Gasteiger partial charge on any atom is -0.354 e. The number of hydrogen-bond donors (Lipinski definition) is 1. The Morgan fingerprint density at radius 3 is 2.28 bits per heavy atom. The van der Waals surface area contributed by atoms with Crippen molar-refractivity contribution in [3.05, 3.63) is 64.7 Å². The lowest BCUT2D eigenvalue weighted by molar-refractivity contribution is -0.141. The van der Waals surface area contributed by atoms with Gasteiger partial charge in [-0.2, -0.15) is 0 Å². The number of benzene rings is 2. The summed E-state index contributed by atoms with van der Waals surface area (Å²) < 4.78 is 26.3. The Bertz CT molecular complexity index is 1140. The predicted octanol–water partition coefficient (Wildman–Crippen LogP) is 4.77. The highest BCUT2D eigenvalue weighted by atomic mass is 35.5. The summed E-state index contributed by atoms with van der Waals surface area (Å²) in [6.07, 6.45) is 2.01. The van der Waals surface area contributed by atoms with Crippen LogP contribution in [-0.4, -0.2) is 50.5 Å². The van der Waals surface area contributed by atoms with Crippen molar-refractivity contribution >= 4 is 39.1 Å². The van der Waals surface area contributed by atoms with E-state index in [0.29, 0.717) is 30.1 Å². The van der Waals surface area contributed by atoms with Crippen LogP contribution in [0.4, 0.5) is 5.69 Å². The number of sulfonamides is 1. The molecule has 0 spiro atoms. The van der Waals surface area contributed by atoms with Gasteiger partial charge in [0.2, 0.25) is 21.8 Å². The van der Waals surface area contributed by atoms with Crippen molar-refractivity contribution in [1.29, 1.82) is 0 Å². The lowest BCUT2D eigenvalue weighted by Crippen LogP contribution is -2.49. The first-order valence-corrected chi connectivity index (χ1v) is 14.5. The summed E-state index contributed by atoms with van der Waals surface area (Å²) in [4.78, 5) is 28.0. The Kier molecular flexibility index (Phi) is 11.2. The van der Waals surface area contributed by atoms with E-state index < -0.39 is 16.1 Å². The van der Waals surface area contributed by atoms with Crippen molar-refractivity contribution in [2.24, 2.45) is 5.92 Å². The van der Waals surface area contributed by atoms with Crippen LogP contribution in [0.15, 0.2) is 48.5 Å². The lowest BCUT2D eigenvalue weighted by atomic mass is 10.1. The number of carbonyl (C=O) groups excluding carboxylic acids is 2. The Hall–Kier alpha value is -2.58. The van der Waals surface area contributed by atoms with Gasteiger partial charge in [0.15, 0.2) is 0 Å². The molecule has 9 heteroatoms. The van der Waals surface area contributed by atoms with Crippen LogP contribution >= 0.6 is 11.6 Å². The van der Waals surface area contributed by atoms with Crippen molar-refractivity contribution in [1.82, 2.24) is 10.2 Å². The van der Waals surface area contributed by atoms with Crippen LogP contribution in [0.1, 0.15) is 51.2 Å². The molecule has 0 aliphatic carbocycles. The van der Waals surface area contributed by atoms with Crippen molar-refractivity contribution in [3.63, 3.8) is 0 Å². The molecule has 1 N–H and O–H groups in total. The van der Waals surface area contributed by atoms with Crippen LogP contribution in [0.2, 0.25) is 5.02 Å². The molecule has 0 fully saturated rings. The Morgan fingerprint density at radius 1 is 1.06 bits per heavy atom. The number of nitrogens with one attached hydrogen (secondary N) is 1. The lowest BCUT2D eigenvalue weighted by Gasteiger charge is -2.31. The molecule has 2 aromatic carbocycles. The van der Waals surface area contributed by atoms with Gasteiger partial charge >= 0.3 is 0 Å². The van der Waals surface area contributed by atoms with Gasteiger partial charge in [0, 0.05) is 31.1 Å². The average Bonchev–Trinajstić information content (AvgIpc) is 2.81. The minimum atomic E-state index is -3.54. The van der Waals surface area contributed by atoms with E-state index in [1.54, 1.807) is 23.1 Å². The van der Waals surface area contributed by atoms with E-state index in [4.69, 9.17) is 11.6 Å². The van der Waals surface area contributed by atoms with Crippen LogP contribution in [0.3, 0.4) is 0 Å². The van der Waals surface area contributed by atoms with Gasteiger partial charge in [0.25, 0.3) is 0 Å². The Morgan fingerprint density at radius 2 is 1.69 bits per heavy atom. The average molecular weight is 536 g/mol. The van der Waals surface area contributed by atoms with Gasteiger partial charge in [-0.25, -0.2) is 8.42 Å². The molecule has 1 atom stereocenters. The van der Waals surface area contributed by atoms with Gasteiger partial charge in [0.1, 0.15) is 6.04 Å². The third-order valence-electron chi connectivity index (χ3n) is 5.91. The highest BCUT2D eigenvalue weighted by Crippen LogP contribution is 2.24. The first kappa shape index (κ1) is 29.6. The number of aryl methyl sites for hydroxylation is 1. The number of carbonyl (C=O) groups is 2. The van der Waals surface area contributed by atoms with E-state index >= 15 is 0 Å². The van der Waals surface area contributed by atoms with Crippen LogP contribution < -0.4 is 9.62 Å². The first-order chi connectivity index (χ1) is 17.0. The van der Waals surface area contributed by atoms with E-state index in [9.17, 15) is 18.0 Å². The second kappa shape index (κ2) is 13.7. The monoisotopic (exact) mass is 535 g/mol. The summed E-state index contributed by atoms with van der Waals surface area (Å²) in [5, 5.41) is 3.46. The molecule has 0 heterocycles. The fourth-order valence-electron chi connectivity index (χ4n) is 3.98. The molecule has 7 nitrogen and oxygen atoms in total. The maximum atomic E-state index is 13.5. The summed E-state index contributed by atoms with van der Waals surface area (Å²) in [7, 11) is -3.54. The van der Waals surface area contributed by atoms with Gasteiger partial charge in [-0.15, -0.1) is 0 Å². The quantitative estimate of drug-likeness (QED) is 0.400. The van der Waals surface area contributed by atoms with Crippen molar-refractivity contribution < 1.29 is 18.0 Å². The van der Waals surface area contributed by atoms with E-state index in [1.807, 2.05) is 58.0 Å². The second-order valence-corrected chi connectivity index (χ2v) is 11.7. The Balaban J connectivity index is 2.23. The zero-order chi connectivity index (χ0) is 26.9. The molecule has 0 aromatic heterocycles. The maximum absolute atomic E-state index is 13.5. The van der Waals surface area contributed by atoms with Gasteiger partial charge in [-0.05, 0) is 48.9 Å². The number of halogens is 1. The van der Waals surface area contributed by atoms with Gasteiger partial charge in [0.05, 0.1) is 11.9 Å². The molecule has 0 bridgehead atoms. The summed E-state index contributed by atoms with van der Waals surface area (Å²) in [5.41, 5.74) is 2.18. The molecule has 0 saturated carbocycles. The summed E-state index contributed by atoms with van der Waals surface area (Å²) in [6, 6.07) is 13.8. The molecule has 0 radical (unpaired) electrons. The molecular weight excluding hydrogens is 498 g/mol. The topological polar surface area (TPSA) is 86.8 Å². The van der Waals surface area contributed by atoms with Crippen molar-refractivity contribution in [3.8, 4) is 0 Å². The maximum Gasteiger partial charge on any atom is 0.242 e. The molecule has 2 amide bonds. The molecule has 198 valence electrons. The SMILES string of the molecule is CC[C@H](C(=O)NCC(C)C)N(Cc1ccccc1Cl)C(=O)CCCN(c1ccccc1C)S(C)(=O)=O. The molecule has 0 aliphatic heterocycles. The molecule has 36 heavy (non-hydrogen) atoms. The zero-order valence-corrected chi connectivity index (χ0v) is 23.4. The van der Waals surface area contributed by atoms with Crippen LogP contribution in [0.25, 0.3) is 0 Å². The third-order valence-corrected chi connectivity index (χ3v) is 7.45. The molecule has 2 rings (SSSR count). The predicted molar refractivity (Wildman–Crippen MR) is 147 cm³/mol. The normalized spacial score (nSPS) is 12.3. The molecule has 2 aromatic rings. The third kappa shape index (κ3) is 8.52. The van der Waals surface area contributed by atoms with E-state index in [1.165, 1.54) is 4.31 Å². The highest BCUT2D eigenvalue weighted by Gasteiger charge is 2.29. The summed E-state index contributed by atoms with van der Waals surface area (Å²) >= 11 is 6.37. The number of para-hydroxylation sites is 1. The van der Waals surface area contributed by atoms with E-state index in [-0.39, 0.29) is 37.2 Å². The van der Waals surface area contributed by atoms with E-state index in [2.05, 4.69) is 5.32 Å². The van der Waals surface area contributed by atoms with Gasteiger partial charge in [-0.1, -0.05) is 68.8 Å². The Labute approximate surface area is 220 Å². The molecule has 0 saturated heterocycles. The van der Waals surface area contributed by atoms with Gasteiger partial charge in [-0.3, -0.25) is 13.9 Å². The molecule has 0 unspecified atom stereocenters. The van der Waals surface area contributed by atoms with Crippen LogP contribution in [0.5, 0.6) is 0 Å². The smallest absolute Gasteiger partial charge is 0.242 e. The number of rotatable bonds is 13. The van der Waals surface area contributed by atoms with Crippen LogP contribution in [0, 0.1) is 12.8 Å². The highest BCUT2D eigenvalue weighted by molar-refractivity contribution is 7.92. The largest absolute Gasteiger partial charge is 0.354 e. The molecule has 0 aliphatic rings.